The first kappa shape index (κ1) is 18.0. The van der Waals surface area contributed by atoms with Gasteiger partial charge < -0.3 is 10.6 Å². The van der Waals surface area contributed by atoms with E-state index >= 15 is 0 Å². The second kappa shape index (κ2) is 8.54. The zero-order chi connectivity index (χ0) is 18.4. The minimum Gasteiger partial charge on any atom is -0.352 e. The molecule has 3 aromatic rings. The van der Waals surface area contributed by atoms with E-state index in [4.69, 9.17) is 11.6 Å². The van der Waals surface area contributed by atoms with Gasteiger partial charge in [-0.25, -0.2) is 0 Å². The number of guanidine groups is 1. The Kier molecular flexibility index (Phi) is 5.92. The predicted octanol–water partition coefficient (Wildman–Crippen LogP) is 3.61. The molecule has 0 amide bonds. The molecular weight excluding hydrogens is 346 g/mol. The molecular formula is C20H22ClN5. The summed E-state index contributed by atoms with van der Waals surface area (Å²) in [5.41, 5.74) is 4.61. The van der Waals surface area contributed by atoms with Crippen molar-refractivity contribution in [1.29, 1.82) is 0 Å². The maximum absolute atomic E-state index is 6.01. The lowest BCUT2D eigenvalue weighted by Crippen LogP contribution is -2.36. The molecule has 26 heavy (non-hydrogen) atoms. The molecule has 0 bridgehead atoms. The zero-order valence-electron chi connectivity index (χ0n) is 14.9. The SMILES string of the molecule is CN=C(NCc1ccccc1-c1ccc(Cl)cc1)NCc1ccnn1C. The van der Waals surface area contributed by atoms with Crippen molar-refractivity contribution in [3.63, 3.8) is 0 Å². The molecule has 3 rings (SSSR count). The minimum atomic E-state index is 0.662. The van der Waals surface area contributed by atoms with Gasteiger partial charge in [-0.15, -0.1) is 0 Å². The lowest BCUT2D eigenvalue weighted by molar-refractivity contribution is 0.684. The molecule has 2 N–H and O–H groups in total. The fraction of sp³-hybridized carbons (Fsp3) is 0.200. The first-order valence-electron chi connectivity index (χ1n) is 8.42. The third kappa shape index (κ3) is 4.43. The van der Waals surface area contributed by atoms with E-state index in [1.54, 1.807) is 13.2 Å². The number of rotatable bonds is 5. The molecule has 1 aromatic heterocycles. The van der Waals surface area contributed by atoms with Crippen molar-refractivity contribution in [2.45, 2.75) is 13.1 Å². The van der Waals surface area contributed by atoms with Crippen molar-refractivity contribution >= 4 is 17.6 Å². The highest BCUT2D eigenvalue weighted by molar-refractivity contribution is 6.30. The van der Waals surface area contributed by atoms with E-state index in [-0.39, 0.29) is 0 Å². The molecule has 0 aliphatic heterocycles. The van der Waals surface area contributed by atoms with Gasteiger partial charge in [-0.3, -0.25) is 9.67 Å². The first-order valence-corrected chi connectivity index (χ1v) is 8.80. The van der Waals surface area contributed by atoms with Crippen molar-refractivity contribution in [2.75, 3.05) is 7.05 Å². The van der Waals surface area contributed by atoms with Gasteiger partial charge in [-0.2, -0.15) is 5.10 Å². The molecule has 134 valence electrons. The van der Waals surface area contributed by atoms with Crippen molar-refractivity contribution in [1.82, 2.24) is 20.4 Å². The number of hydrogen-bond acceptors (Lipinski definition) is 2. The number of aromatic nitrogens is 2. The molecule has 1 heterocycles. The van der Waals surface area contributed by atoms with Crippen LogP contribution in [0.1, 0.15) is 11.3 Å². The number of halogens is 1. The average Bonchev–Trinajstić information content (AvgIpc) is 3.08. The standard InChI is InChI=1S/C20H22ClN5/c1-22-20(24-14-18-11-12-25-26(18)2)23-13-16-5-3-4-6-19(16)15-7-9-17(21)10-8-15/h3-12H,13-14H2,1-2H3,(H2,22,23,24). The summed E-state index contributed by atoms with van der Waals surface area (Å²) in [7, 11) is 3.69. The van der Waals surface area contributed by atoms with Crippen LogP contribution in [0.15, 0.2) is 65.8 Å². The molecule has 0 radical (unpaired) electrons. The largest absolute Gasteiger partial charge is 0.352 e. The van der Waals surface area contributed by atoms with E-state index in [1.165, 1.54) is 11.1 Å². The molecule has 0 aliphatic carbocycles. The van der Waals surface area contributed by atoms with E-state index < -0.39 is 0 Å². The zero-order valence-corrected chi connectivity index (χ0v) is 15.7. The average molecular weight is 368 g/mol. The minimum absolute atomic E-state index is 0.662. The number of benzene rings is 2. The van der Waals surface area contributed by atoms with Gasteiger partial charge >= 0.3 is 0 Å². The van der Waals surface area contributed by atoms with Crippen LogP contribution < -0.4 is 10.6 Å². The van der Waals surface area contributed by atoms with Gasteiger partial charge in [0.05, 0.1) is 12.2 Å². The Hall–Kier alpha value is -2.79. The Morgan fingerprint density at radius 2 is 1.77 bits per heavy atom. The van der Waals surface area contributed by atoms with Crippen molar-refractivity contribution in [3.05, 3.63) is 77.1 Å². The maximum Gasteiger partial charge on any atom is 0.191 e. The highest BCUT2D eigenvalue weighted by Gasteiger charge is 2.06. The highest BCUT2D eigenvalue weighted by Crippen LogP contribution is 2.25. The summed E-state index contributed by atoms with van der Waals surface area (Å²) >= 11 is 6.01. The van der Waals surface area contributed by atoms with Gasteiger partial charge in [-0.1, -0.05) is 48.0 Å². The molecule has 0 spiro atoms. The predicted molar refractivity (Wildman–Crippen MR) is 107 cm³/mol. The summed E-state index contributed by atoms with van der Waals surface area (Å²) in [6, 6.07) is 18.2. The lowest BCUT2D eigenvalue weighted by Gasteiger charge is -2.14. The van der Waals surface area contributed by atoms with Crippen LogP contribution in [0.25, 0.3) is 11.1 Å². The van der Waals surface area contributed by atoms with Crippen molar-refractivity contribution < 1.29 is 0 Å². The molecule has 6 heteroatoms. The van der Waals surface area contributed by atoms with Gasteiger partial charge in [0.15, 0.2) is 5.96 Å². The third-order valence-electron chi connectivity index (χ3n) is 4.20. The molecule has 5 nitrogen and oxygen atoms in total. The third-order valence-corrected chi connectivity index (χ3v) is 4.45. The molecule has 0 atom stereocenters. The van der Waals surface area contributed by atoms with Gasteiger partial charge in [0, 0.05) is 31.9 Å². The van der Waals surface area contributed by atoms with Crippen LogP contribution >= 0.6 is 11.6 Å². The summed E-state index contributed by atoms with van der Waals surface area (Å²) in [6.45, 7) is 1.33. The van der Waals surface area contributed by atoms with E-state index in [2.05, 4.69) is 32.9 Å². The molecule has 0 saturated carbocycles. The second-order valence-electron chi connectivity index (χ2n) is 5.89. The number of aliphatic imine (C=N–C) groups is 1. The summed E-state index contributed by atoms with van der Waals surface area (Å²) in [4.78, 5) is 4.29. The fourth-order valence-electron chi connectivity index (χ4n) is 2.73. The van der Waals surface area contributed by atoms with Gasteiger partial charge in [0.1, 0.15) is 0 Å². The van der Waals surface area contributed by atoms with Gasteiger partial charge in [-0.05, 0) is 34.9 Å². The Morgan fingerprint density at radius 3 is 2.46 bits per heavy atom. The lowest BCUT2D eigenvalue weighted by atomic mass is 10.00. The summed E-state index contributed by atoms with van der Waals surface area (Å²) in [5, 5.41) is 11.6. The highest BCUT2D eigenvalue weighted by atomic mass is 35.5. The number of hydrogen-bond donors (Lipinski definition) is 2. The van der Waals surface area contributed by atoms with Crippen LogP contribution in [-0.2, 0) is 20.1 Å². The maximum atomic E-state index is 6.01. The van der Waals surface area contributed by atoms with Crippen molar-refractivity contribution in [3.8, 4) is 11.1 Å². The number of nitrogens with one attached hydrogen (secondary N) is 2. The van der Waals surface area contributed by atoms with E-state index in [0.29, 0.717) is 13.1 Å². The number of nitrogens with zero attached hydrogens (tertiary/aromatic N) is 3. The summed E-state index contributed by atoms with van der Waals surface area (Å²) < 4.78 is 1.84. The molecule has 0 saturated heterocycles. The molecule has 0 unspecified atom stereocenters. The Bertz CT molecular complexity index is 883. The van der Waals surface area contributed by atoms with Crippen LogP contribution in [0.5, 0.6) is 0 Å². The van der Waals surface area contributed by atoms with Crippen LogP contribution in [0.4, 0.5) is 0 Å². The monoisotopic (exact) mass is 367 g/mol. The summed E-state index contributed by atoms with van der Waals surface area (Å²) in [5.74, 6) is 0.747. The normalized spacial score (nSPS) is 11.4. The Morgan fingerprint density at radius 1 is 1.04 bits per heavy atom. The second-order valence-corrected chi connectivity index (χ2v) is 6.33. The van der Waals surface area contributed by atoms with E-state index in [0.717, 1.165) is 22.2 Å². The molecule has 0 fully saturated rings. The van der Waals surface area contributed by atoms with E-state index in [9.17, 15) is 0 Å². The van der Waals surface area contributed by atoms with Crippen LogP contribution in [-0.4, -0.2) is 22.8 Å². The Balaban J connectivity index is 1.67. The van der Waals surface area contributed by atoms with Crippen molar-refractivity contribution in [2.24, 2.45) is 12.0 Å². The topological polar surface area (TPSA) is 54.2 Å². The van der Waals surface area contributed by atoms with Crippen LogP contribution in [0.3, 0.4) is 0 Å². The van der Waals surface area contributed by atoms with Crippen LogP contribution in [0, 0.1) is 0 Å². The van der Waals surface area contributed by atoms with E-state index in [1.807, 2.05) is 54.2 Å². The quantitative estimate of drug-likeness (QED) is 0.535. The molecule has 0 aliphatic rings. The summed E-state index contributed by atoms with van der Waals surface area (Å²) in [6.07, 6.45) is 1.79. The smallest absolute Gasteiger partial charge is 0.191 e. The first-order chi connectivity index (χ1) is 12.7. The van der Waals surface area contributed by atoms with Gasteiger partial charge in [0.2, 0.25) is 0 Å². The Labute approximate surface area is 158 Å². The molecule has 2 aromatic carbocycles. The van der Waals surface area contributed by atoms with Crippen LogP contribution in [0.2, 0.25) is 5.02 Å². The van der Waals surface area contributed by atoms with Gasteiger partial charge in [0.25, 0.3) is 0 Å². The number of aryl methyl sites for hydroxylation is 1. The fourth-order valence-corrected chi connectivity index (χ4v) is 2.86.